The molecule has 5 heteroatoms. The lowest BCUT2D eigenvalue weighted by Crippen LogP contribution is -2.41. The van der Waals surface area contributed by atoms with Crippen LogP contribution in [0.3, 0.4) is 0 Å². The molecule has 3 rings (SSSR count). The molecule has 1 aromatic rings. The van der Waals surface area contributed by atoms with Crippen molar-refractivity contribution < 1.29 is 14.1 Å². The second-order valence-corrected chi connectivity index (χ2v) is 7.55. The summed E-state index contributed by atoms with van der Waals surface area (Å²) < 4.78 is 12.3. The van der Waals surface area contributed by atoms with Gasteiger partial charge in [-0.25, -0.2) is 0 Å². The second-order valence-electron chi connectivity index (χ2n) is 7.55. The first-order chi connectivity index (χ1) is 10.8. The summed E-state index contributed by atoms with van der Waals surface area (Å²) in [4.78, 5) is 14.4. The van der Waals surface area contributed by atoms with Gasteiger partial charge in [-0.2, -0.15) is 0 Å². The van der Waals surface area contributed by atoms with E-state index in [0.717, 1.165) is 37.0 Å². The third kappa shape index (κ3) is 3.17. The summed E-state index contributed by atoms with van der Waals surface area (Å²) in [5, 5.41) is 0. The Morgan fingerprint density at radius 3 is 2.26 bits per heavy atom. The summed E-state index contributed by atoms with van der Waals surface area (Å²) >= 11 is 0. The fraction of sp³-hybridized carbons (Fsp3) is 0.611. The van der Waals surface area contributed by atoms with Gasteiger partial charge in [0, 0.05) is 13.1 Å². The van der Waals surface area contributed by atoms with Crippen LogP contribution in [0.15, 0.2) is 24.3 Å². The smallest absolute Gasteiger partial charge is 0.399 e. The molecule has 0 radical (unpaired) electrons. The highest BCUT2D eigenvalue weighted by molar-refractivity contribution is 6.62. The number of benzene rings is 1. The maximum Gasteiger partial charge on any atom is 0.495 e. The third-order valence-electron chi connectivity index (χ3n) is 5.36. The molecule has 2 aliphatic rings. The minimum Gasteiger partial charge on any atom is -0.399 e. The van der Waals surface area contributed by atoms with Crippen molar-refractivity contribution in [2.24, 2.45) is 0 Å². The highest BCUT2D eigenvalue weighted by atomic mass is 16.7. The number of rotatable bonds is 3. The summed E-state index contributed by atoms with van der Waals surface area (Å²) in [5.41, 5.74) is 1.23. The molecule has 0 unspecified atom stereocenters. The predicted octanol–water partition coefficient (Wildman–Crippen LogP) is 2.15. The van der Waals surface area contributed by atoms with E-state index in [9.17, 15) is 4.79 Å². The lowest BCUT2D eigenvalue weighted by Gasteiger charge is -2.32. The average Bonchev–Trinajstić information content (AvgIpc) is 3.06. The van der Waals surface area contributed by atoms with Crippen LogP contribution in [0.25, 0.3) is 0 Å². The van der Waals surface area contributed by atoms with Gasteiger partial charge in [-0.15, -0.1) is 0 Å². The van der Waals surface area contributed by atoms with E-state index in [4.69, 9.17) is 9.31 Å². The highest BCUT2D eigenvalue weighted by Crippen LogP contribution is 2.36. The third-order valence-corrected chi connectivity index (χ3v) is 5.36. The number of hydrogen-bond donors (Lipinski definition) is 0. The molecule has 0 atom stereocenters. The van der Waals surface area contributed by atoms with Gasteiger partial charge in [0.05, 0.1) is 17.6 Å². The maximum atomic E-state index is 12.5. The van der Waals surface area contributed by atoms with Crippen LogP contribution in [0.2, 0.25) is 0 Å². The fourth-order valence-electron chi connectivity index (χ4n) is 3.14. The Labute approximate surface area is 139 Å². The Hall–Kier alpha value is -1.33. The average molecular weight is 315 g/mol. The van der Waals surface area contributed by atoms with E-state index in [2.05, 4.69) is 0 Å². The van der Waals surface area contributed by atoms with Gasteiger partial charge < -0.3 is 14.2 Å². The first-order valence-electron chi connectivity index (χ1n) is 8.51. The summed E-state index contributed by atoms with van der Waals surface area (Å²) in [5.74, 6) is 0.200. The molecule has 0 spiro atoms. The zero-order chi connectivity index (χ0) is 16.7. The Morgan fingerprint density at radius 1 is 1.09 bits per heavy atom. The quantitative estimate of drug-likeness (QED) is 0.802. The molecule has 0 aromatic heterocycles. The molecular weight excluding hydrogens is 289 g/mol. The van der Waals surface area contributed by atoms with Crippen LogP contribution in [0.4, 0.5) is 0 Å². The zero-order valence-electron chi connectivity index (χ0n) is 14.6. The summed E-state index contributed by atoms with van der Waals surface area (Å²) in [6.45, 7) is 9.96. The zero-order valence-corrected chi connectivity index (χ0v) is 14.6. The van der Waals surface area contributed by atoms with E-state index in [1.807, 2.05) is 56.9 Å². The number of carbonyl (C=O) groups is 1. The molecule has 0 bridgehead atoms. The molecule has 1 amide bonds. The van der Waals surface area contributed by atoms with Crippen molar-refractivity contribution >= 4 is 18.5 Å². The van der Waals surface area contributed by atoms with Crippen molar-refractivity contribution in [1.82, 2.24) is 4.90 Å². The highest BCUT2D eigenvalue weighted by Gasteiger charge is 2.52. The lowest BCUT2D eigenvalue weighted by molar-refractivity contribution is -0.129. The van der Waals surface area contributed by atoms with Crippen LogP contribution in [0.1, 0.15) is 46.1 Å². The molecule has 124 valence electrons. The number of amides is 1. The normalized spacial score (nSPS) is 22.6. The van der Waals surface area contributed by atoms with E-state index in [0.29, 0.717) is 6.42 Å². The molecule has 0 N–H and O–H groups in total. The molecular formula is C18H26BNO3. The first kappa shape index (κ1) is 16.5. The minimum atomic E-state index is -0.414. The largest absolute Gasteiger partial charge is 0.495 e. The molecule has 2 saturated heterocycles. The standard InChI is InChI=1S/C18H26BNO3/c1-17(2)18(3,4)23-19(22-17)15-10-6-5-9-14(15)13-16(21)20-11-7-8-12-20/h5-6,9-10H,7-8,11-13H2,1-4H3. The summed E-state index contributed by atoms with van der Waals surface area (Å²) in [7, 11) is -0.414. The van der Waals surface area contributed by atoms with Crippen molar-refractivity contribution in [3.05, 3.63) is 29.8 Å². The van der Waals surface area contributed by atoms with E-state index in [1.165, 1.54) is 0 Å². The van der Waals surface area contributed by atoms with Gasteiger partial charge >= 0.3 is 7.12 Å². The van der Waals surface area contributed by atoms with E-state index >= 15 is 0 Å². The van der Waals surface area contributed by atoms with Crippen LogP contribution in [0, 0.1) is 0 Å². The topological polar surface area (TPSA) is 38.8 Å². The van der Waals surface area contributed by atoms with Crippen LogP contribution in [-0.2, 0) is 20.5 Å². The lowest BCUT2D eigenvalue weighted by atomic mass is 9.75. The Kier molecular flexibility index (Phi) is 4.28. The van der Waals surface area contributed by atoms with Gasteiger partial charge in [-0.05, 0) is 51.6 Å². The molecule has 23 heavy (non-hydrogen) atoms. The summed E-state index contributed by atoms with van der Waals surface area (Å²) in [6, 6.07) is 7.97. The van der Waals surface area contributed by atoms with Gasteiger partial charge in [0.2, 0.25) is 5.91 Å². The van der Waals surface area contributed by atoms with Crippen molar-refractivity contribution in [3.63, 3.8) is 0 Å². The monoisotopic (exact) mass is 315 g/mol. The van der Waals surface area contributed by atoms with E-state index in [1.54, 1.807) is 0 Å². The fourth-order valence-corrected chi connectivity index (χ4v) is 3.14. The van der Waals surface area contributed by atoms with Gasteiger partial charge in [-0.1, -0.05) is 24.3 Å². The van der Waals surface area contributed by atoms with Gasteiger partial charge in [0.25, 0.3) is 0 Å². The van der Waals surface area contributed by atoms with Crippen molar-refractivity contribution in [1.29, 1.82) is 0 Å². The molecule has 2 aliphatic heterocycles. The Bertz CT molecular complexity index is 578. The Morgan fingerprint density at radius 2 is 1.65 bits per heavy atom. The number of nitrogens with zero attached hydrogens (tertiary/aromatic N) is 1. The second kappa shape index (κ2) is 5.95. The molecule has 0 saturated carbocycles. The minimum absolute atomic E-state index is 0.200. The van der Waals surface area contributed by atoms with Crippen LogP contribution >= 0.6 is 0 Å². The number of likely N-dealkylation sites (tertiary alicyclic amines) is 1. The first-order valence-corrected chi connectivity index (χ1v) is 8.51. The van der Waals surface area contributed by atoms with E-state index < -0.39 is 7.12 Å². The molecule has 0 aliphatic carbocycles. The van der Waals surface area contributed by atoms with Crippen LogP contribution in [0.5, 0.6) is 0 Å². The van der Waals surface area contributed by atoms with Crippen LogP contribution in [-0.4, -0.2) is 42.2 Å². The van der Waals surface area contributed by atoms with Crippen molar-refractivity contribution in [2.45, 2.75) is 58.2 Å². The molecule has 2 fully saturated rings. The SMILES string of the molecule is CC1(C)OB(c2ccccc2CC(=O)N2CCCC2)OC1(C)C. The summed E-state index contributed by atoms with van der Waals surface area (Å²) in [6.07, 6.45) is 2.65. The molecule has 4 nitrogen and oxygen atoms in total. The number of hydrogen-bond acceptors (Lipinski definition) is 3. The Balaban J connectivity index is 1.80. The predicted molar refractivity (Wildman–Crippen MR) is 91.7 cm³/mol. The maximum absolute atomic E-state index is 12.5. The van der Waals surface area contributed by atoms with Crippen molar-refractivity contribution in [3.8, 4) is 0 Å². The van der Waals surface area contributed by atoms with Crippen molar-refractivity contribution in [2.75, 3.05) is 13.1 Å². The van der Waals surface area contributed by atoms with Gasteiger partial charge in [0.15, 0.2) is 0 Å². The number of carbonyl (C=O) groups excluding carboxylic acids is 1. The van der Waals surface area contributed by atoms with Crippen LogP contribution < -0.4 is 5.46 Å². The molecule has 2 heterocycles. The van der Waals surface area contributed by atoms with Gasteiger partial charge in [-0.3, -0.25) is 4.79 Å². The molecule has 1 aromatic carbocycles. The van der Waals surface area contributed by atoms with Gasteiger partial charge in [0.1, 0.15) is 0 Å². The van der Waals surface area contributed by atoms with E-state index in [-0.39, 0.29) is 17.1 Å².